The molecule has 1 atom stereocenters. The number of carbonyl (C=O) groups excluding carboxylic acids is 1. The monoisotopic (exact) mass is 389 g/mol. The van der Waals surface area contributed by atoms with Crippen molar-refractivity contribution in [2.45, 2.75) is 45.8 Å². The summed E-state index contributed by atoms with van der Waals surface area (Å²) in [5.41, 5.74) is 1.13. The Labute approximate surface area is 168 Å². The van der Waals surface area contributed by atoms with Crippen molar-refractivity contribution < 1.29 is 9.53 Å². The molecule has 0 aliphatic carbocycles. The van der Waals surface area contributed by atoms with E-state index < -0.39 is 0 Å². The van der Waals surface area contributed by atoms with Crippen LogP contribution < -0.4 is 20.7 Å². The number of likely N-dealkylation sites (N-methyl/N-ethyl adjacent to an activating group) is 1. The maximum Gasteiger partial charge on any atom is 0.233 e. The maximum absolute atomic E-state index is 11.5. The molecule has 1 aromatic rings. The number of hydrogen-bond donors (Lipinski definition) is 3. The van der Waals surface area contributed by atoms with E-state index in [9.17, 15) is 4.79 Å². The van der Waals surface area contributed by atoms with Crippen molar-refractivity contribution in [2.24, 2.45) is 4.99 Å². The van der Waals surface area contributed by atoms with Gasteiger partial charge in [-0.15, -0.1) is 0 Å². The molecular weight excluding hydrogens is 354 g/mol. The van der Waals surface area contributed by atoms with Crippen LogP contribution in [0, 0.1) is 6.92 Å². The van der Waals surface area contributed by atoms with Gasteiger partial charge in [0, 0.05) is 32.7 Å². The Morgan fingerprint density at radius 2 is 2.04 bits per heavy atom. The molecule has 1 aromatic carbocycles. The van der Waals surface area contributed by atoms with Gasteiger partial charge in [0.25, 0.3) is 0 Å². The second kappa shape index (κ2) is 11.5. The van der Waals surface area contributed by atoms with E-state index in [-0.39, 0.29) is 12.0 Å². The van der Waals surface area contributed by atoms with Crippen LogP contribution >= 0.6 is 0 Å². The second-order valence-corrected chi connectivity index (χ2v) is 7.28. The lowest BCUT2D eigenvalue weighted by Crippen LogP contribution is -2.50. The Hall–Kier alpha value is -2.28. The molecule has 0 saturated carbocycles. The van der Waals surface area contributed by atoms with E-state index in [4.69, 9.17) is 9.73 Å². The molecule has 1 saturated heterocycles. The van der Waals surface area contributed by atoms with E-state index in [1.807, 2.05) is 38.1 Å². The van der Waals surface area contributed by atoms with Gasteiger partial charge in [0.05, 0.1) is 13.1 Å². The average Bonchev–Trinajstić information content (AvgIpc) is 2.69. The second-order valence-electron chi connectivity index (χ2n) is 7.28. The first-order valence-corrected chi connectivity index (χ1v) is 10.2. The summed E-state index contributed by atoms with van der Waals surface area (Å²) in [5.74, 6) is 1.81. The van der Waals surface area contributed by atoms with Crippen LogP contribution in [0.5, 0.6) is 5.75 Å². The molecule has 0 aromatic heterocycles. The van der Waals surface area contributed by atoms with Gasteiger partial charge in [0.1, 0.15) is 11.9 Å². The van der Waals surface area contributed by atoms with Crippen LogP contribution in [-0.4, -0.2) is 68.7 Å². The molecule has 7 nitrogen and oxygen atoms in total. The van der Waals surface area contributed by atoms with Crippen molar-refractivity contribution in [1.82, 2.24) is 20.9 Å². The van der Waals surface area contributed by atoms with Gasteiger partial charge in [-0.2, -0.15) is 0 Å². The number of carbonyl (C=O) groups is 1. The third-order valence-electron chi connectivity index (χ3n) is 4.85. The molecule has 156 valence electrons. The van der Waals surface area contributed by atoms with Crippen LogP contribution in [0.1, 0.15) is 32.3 Å². The molecule has 0 bridgehead atoms. The summed E-state index contributed by atoms with van der Waals surface area (Å²) in [6.45, 7) is 9.86. The highest BCUT2D eigenvalue weighted by atomic mass is 16.5. The zero-order chi connectivity index (χ0) is 20.4. The highest BCUT2D eigenvalue weighted by molar-refractivity contribution is 5.80. The number of amides is 1. The molecule has 1 fully saturated rings. The number of guanidine groups is 1. The molecule has 1 aliphatic rings. The largest absolute Gasteiger partial charge is 0.489 e. The molecule has 1 aliphatic heterocycles. The number of nitrogens with one attached hydrogen (secondary N) is 3. The lowest BCUT2D eigenvalue weighted by Gasteiger charge is -2.32. The number of aryl methyl sites for hydroxylation is 1. The van der Waals surface area contributed by atoms with E-state index in [1.165, 1.54) is 0 Å². The molecule has 1 unspecified atom stereocenters. The van der Waals surface area contributed by atoms with E-state index in [1.54, 1.807) is 7.05 Å². The zero-order valence-electron chi connectivity index (χ0n) is 17.6. The minimum Gasteiger partial charge on any atom is -0.489 e. The third-order valence-corrected chi connectivity index (χ3v) is 4.85. The first-order valence-electron chi connectivity index (χ1n) is 10.2. The van der Waals surface area contributed by atoms with Gasteiger partial charge in [-0.1, -0.05) is 18.2 Å². The number of hydrogen-bond acceptors (Lipinski definition) is 4. The fourth-order valence-corrected chi connectivity index (χ4v) is 3.19. The van der Waals surface area contributed by atoms with Gasteiger partial charge in [-0.25, -0.2) is 4.99 Å². The first kappa shape index (κ1) is 22.0. The maximum atomic E-state index is 11.5. The third kappa shape index (κ3) is 7.38. The van der Waals surface area contributed by atoms with E-state index in [2.05, 4.69) is 27.8 Å². The molecular formula is C21H35N5O2. The minimum absolute atomic E-state index is 0.00837. The van der Waals surface area contributed by atoms with Crippen LogP contribution in [0.2, 0.25) is 0 Å². The summed E-state index contributed by atoms with van der Waals surface area (Å²) in [6, 6.07) is 8.41. The number of ether oxygens (including phenoxy) is 1. The smallest absolute Gasteiger partial charge is 0.233 e. The van der Waals surface area contributed by atoms with Crippen LogP contribution in [0.25, 0.3) is 0 Å². The Balaban J connectivity index is 1.82. The van der Waals surface area contributed by atoms with Crippen LogP contribution in [0.3, 0.4) is 0 Å². The Kier molecular flexibility index (Phi) is 9.07. The number of para-hydroxylation sites is 1. The fourth-order valence-electron chi connectivity index (χ4n) is 3.19. The van der Waals surface area contributed by atoms with Crippen molar-refractivity contribution >= 4 is 11.9 Å². The van der Waals surface area contributed by atoms with Crippen molar-refractivity contribution in [2.75, 3.05) is 39.8 Å². The van der Waals surface area contributed by atoms with Crippen LogP contribution in [0.15, 0.2) is 29.3 Å². The number of piperidine rings is 1. The van der Waals surface area contributed by atoms with Crippen molar-refractivity contribution in [1.29, 1.82) is 0 Å². The number of aliphatic imine (C=N–C) groups is 1. The topological polar surface area (TPSA) is 78.0 Å². The number of likely N-dealkylation sites (tertiary alicyclic amines) is 1. The SMILES string of the molecule is CCNC(=NCC(C)Oc1ccccc1C)NC1CCN(CC(=O)NC)CC1. The van der Waals surface area contributed by atoms with Gasteiger partial charge in [-0.05, 0) is 45.2 Å². The normalized spacial score (nSPS) is 17.1. The Morgan fingerprint density at radius 1 is 1.32 bits per heavy atom. The standard InChI is InChI=1S/C21H35N5O2/c1-5-23-21(24-14-17(3)28-19-9-7-6-8-16(19)2)25-18-10-12-26(13-11-18)15-20(27)22-4/h6-9,17-18H,5,10-15H2,1-4H3,(H,22,27)(H2,23,24,25). The van der Waals surface area contributed by atoms with Crippen molar-refractivity contribution in [3.8, 4) is 5.75 Å². The molecule has 28 heavy (non-hydrogen) atoms. The van der Waals surface area contributed by atoms with Gasteiger partial charge in [0.15, 0.2) is 5.96 Å². The summed E-state index contributed by atoms with van der Waals surface area (Å²) in [6.07, 6.45) is 1.99. The quantitative estimate of drug-likeness (QED) is 0.464. The summed E-state index contributed by atoms with van der Waals surface area (Å²) >= 11 is 0. The minimum atomic E-state index is -0.00837. The number of rotatable bonds is 8. The van der Waals surface area contributed by atoms with Crippen LogP contribution in [-0.2, 0) is 4.79 Å². The average molecular weight is 390 g/mol. The van der Waals surface area contributed by atoms with Gasteiger partial charge >= 0.3 is 0 Å². The summed E-state index contributed by atoms with van der Waals surface area (Å²) in [4.78, 5) is 18.4. The van der Waals surface area contributed by atoms with E-state index in [0.717, 1.165) is 49.7 Å². The van der Waals surface area contributed by atoms with E-state index >= 15 is 0 Å². The number of nitrogens with zero attached hydrogens (tertiary/aromatic N) is 2. The molecule has 7 heteroatoms. The highest BCUT2D eigenvalue weighted by Gasteiger charge is 2.21. The fraction of sp³-hybridized carbons (Fsp3) is 0.619. The van der Waals surface area contributed by atoms with Crippen molar-refractivity contribution in [3.05, 3.63) is 29.8 Å². The highest BCUT2D eigenvalue weighted by Crippen LogP contribution is 2.17. The lowest BCUT2D eigenvalue weighted by molar-refractivity contribution is -0.122. The van der Waals surface area contributed by atoms with Gasteiger partial charge < -0.3 is 20.7 Å². The van der Waals surface area contributed by atoms with Gasteiger partial charge in [-0.3, -0.25) is 9.69 Å². The molecule has 3 N–H and O–H groups in total. The van der Waals surface area contributed by atoms with Crippen molar-refractivity contribution in [3.63, 3.8) is 0 Å². The lowest BCUT2D eigenvalue weighted by atomic mass is 10.1. The molecule has 0 radical (unpaired) electrons. The predicted octanol–water partition coefficient (Wildman–Crippen LogP) is 1.53. The number of benzene rings is 1. The molecule has 2 rings (SSSR count). The Morgan fingerprint density at radius 3 is 2.68 bits per heavy atom. The molecule has 1 heterocycles. The summed E-state index contributed by atoms with van der Waals surface area (Å²) in [5, 5.41) is 9.53. The summed E-state index contributed by atoms with van der Waals surface area (Å²) in [7, 11) is 1.68. The van der Waals surface area contributed by atoms with E-state index in [0.29, 0.717) is 19.1 Å². The summed E-state index contributed by atoms with van der Waals surface area (Å²) < 4.78 is 6.02. The molecule has 0 spiro atoms. The predicted molar refractivity (Wildman–Crippen MR) is 114 cm³/mol. The molecule has 1 amide bonds. The zero-order valence-corrected chi connectivity index (χ0v) is 17.6. The van der Waals surface area contributed by atoms with Gasteiger partial charge in [0.2, 0.25) is 5.91 Å². The van der Waals surface area contributed by atoms with Crippen LogP contribution in [0.4, 0.5) is 0 Å². The first-order chi connectivity index (χ1) is 13.5. The Bertz CT molecular complexity index is 641.